The van der Waals surface area contributed by atoms with Crippen molar-refractivity contribution in [2.45, 2.75) is 270 Å². The molecule has 2 saturated heterocycles. The van der Waals surface area contributed by atoms with Crippen LogP contribution in [0.25, 0.3) is 0 Å². The highest BCUT2D eigenvalue weighted by atomic mass is 35.5. The molecule has 514 valence electrons. The van der Waals surface area contributed by atoms with E-state index in [-0.39, 0.29) is 19.0 Å². The number of carbonyl (C=O) groups excluding carboxylic acids is 1. The van der Waals surface area contributed by atoms with Crippen LogP contribution in [0.3, 0.4) is 0 Å². The number of thioether (sulfide) groups is 1. The average Bonchev–Trinajstić information content (AvgIpc) is 3.25. The third kappa shape index (κ3) is 44.7. The fourth-order valence-electron chi connectivity index (χ4n) is 10.1. The van der Waals surface area contributed by atoms with E-state index in [0.29, 0.717) is 88.7 Å². The van der Waals surface area contributed by atoms with Crippen LogP contribution in [0, 0.1) is 0 Å². The number of Topliss-reactive ketones (excluding diaryl/α,β-unsaturated/α-hetero) is 1. The molecule has 2 heterocycles. The van der Waals surface area contributed by atoms with Gasteiger partial charge in [0.05, 0.1) is 18.6 Å². The Kier molecular flexibility index (Phi) is 53.8. The van der Waals surface area contributed by atoms with Gasteiger partial charge in [0.25, 0.3) is 0 Å². The summed E-state index contributed by atoms with van der Waals surface area (Å²) in [5.41, 5.74) is 14.4. The maximum atomic E-state index is 13.3. The molecule has 4 atom stereocenters. The number of allylic oxidation sites excluding steroid dienone is 20. The zero-order valence-electron chi connectivity index (χ0n) is 57.7. The Hall–Kier alpha value is -1.53. The Bertz CT molecular complexity index is 2350. The lowest BCUT2D eigenvalue weighted by Crippen LogP contribution is -2.45. The van der Waals surface area contributed by atoms with Crippen molar-refractivity contribution in [1.82, 2.24) is 19.5 Å². The highest BCUT2D eigenvalue weighted by Gasteiger charge is 2.42. The predicted octanol–water partition coefficient (Wildman–Crippen LogP) is 23.6. The maximum absolute atomic E-state index is 13.3. The molecule has 0 bridgehead atoms. The van der Waals surface area contributed by atoms with E-state index in [1.165, 1.54) is 68.6 Å². The van der Waals surface area contributed by atoms with E-state index in [4.69, 9.17) is 48.6 Å². The standard InChI is InChI=1S/C38H66ClN2O3PS.C34H59Cl2N2O3P.CH4/c1-8-28-40-45(43)41(29-27-39)38(26-30-44-45)46-31-14-23-37(42)25-24-36(7)22-13-20-34(5)17-10-9-16-33(4)19-12-21-35(6)18-11-15-32(2)3;1-29(2)13-9-16-32(5)19-10-17-30(3)14-7-8-15-31(4)18-11-20-33(6)21-12-27-40-34-22-28-41-42(39,37-25-23-35)38(34)26-24-36;/h15-17,21-22,38H,8-14,18-20,23-31H2,1-7H3,(H,40,43);13-15,19-20,34H,7-12,16-18,21-28H2,1-6H3,(H,37,39);1H4/b33-16+,34-17+,35-21+,36-22+;30-14+,31-15+,32-19+,33-20+;. The van der Waals surface area contributed by atoms with Crippen LogP contribution in [0.15, 0.2) is 116 Å². The number of ether oxygens (including phenoxy) is 1. The number of hydrogen-bond acceptors (Lipinski definition) is 7. The summed E-state index contributed by atoms with van der Waals surface area (Å²) in [6, 6.07) is 0. The SMILES string of the molecule is C.CC(C)=CCC/C(C)=C/CC/C(C)=C/CC/C=C(\C)CC/C=C(\C)CCCOC1CCOP(=O)(NCCCl)N1CCCl.CCCNP1(=O)OCCC(SCCCC(=O)CC/C(C)=C/CC/C(C)=C/CC/C=C(\C)CC/C=C(\C)CCC=C(C)C)N1CCCl. The van der Waals surface area contributed by atoms with Gasteiger partial charge in [-0.3, -0.25) is 13.9 Å². The summed E-state index contributed by atoms with van der Waals surface area (Å²) in [5.74, 6) is 2.33. The van der Waals surface area contributed by atoms with E-state index in [0.717, 1.165) is 134 Å². The molecule has 16 heteroatoms. The number of unbranched alkanes of at least 4 members (excludes halogenated alkanes) is 2. The molecule has 0 aromatic rings. The van der Waals surface area contributed by atoms with Crippen molar-refractivity contribution in [3.8, 4) is 0 Å². The predicted molar refractivity (Wildman–Crippen MR) is 396 cm³/mol. The molecule has 0 aromatic carbocycles. The van der Waals surface area contributed by atoms with Crippen LogP contribution in [-0.4, -0.2) is 96.1 Å². The molecule has 0 saturated carbocycles. The van der Waals surface area contributed by atoms with Gasteiger partial charge >= 0.3 is 15.3 Å². The van der Waals surface area contributed by atoms with E-state index in [2.05, 4.69) is 154 Å². The molecule has 2 fully saturated rings. The minimum atomic E-state index is -3.17. The zero-order valence-corrected chi connectivity index (χ0v) is 62.5. The number of ketones is 1. The molecule has 0 spiro atoms. The van der Waals surface area contributed by atoms with Gasteiger partial charge in [-0.2, -0.15) is 4.67 Å². The number of carbonyl (C=O) groups is 1. The molecule has 2 rings (SSSR count). The number of nitrogens with zero attached hydrogens (tertiary/aromatic N) is 2. The van der Waals surface area contributed by atoms with Crippen LogP contribution in [-0.2, 0) is 27.7 Å². The van der Waals surface area contributed by atoms with Gasteiger partial charge in [0.15, 0.2) is 0 Å². The topological polar surface area (TPSA) is 109 Å². The molecule has 2 aliphatic rings. The lowest BCUT2D eigenvalue weighted by molar-refractivity contribution is -0.119. The van der Waals surface area contributed by atoms with Crippen LogP contribution in [0.2, 0.25) is 0 Å². The highest BCUT2D eigenvalue weighted by molar-refractivity contribution is 8.00. The van der Waals surface area contributed by atoms with Crippen molar-refractivity contribution in [2.75, 3.05) is 69.4 Å². The Morgan fingerprint density at radius 2 is 0.865 bits per heavy atom. The summed E-state index contributed by atoms with van der Waals surface area (Å²) in [6.45, 7) is 32.1. The van der Waals surface area contributed by atoms with Gasteiger partial charge < -0.3 is 13.8 Å². The molecular formula is C73H129Cl3N4O6P2S. The smallest absolute Gasteiger partial charge is 0.345 e. The van der Waals surface area contributed by atoms with Crippen molar-refractivity contribution >= 4 is 67.7 Å². The second-order valence-electron chi connectivity index (χ2n) is 24.7. The highest BCUT2D eigenvalue weighted by Crippen LogP contribution is 2.54. The third-order valence-electron chi connectivity index (χ3n) is 15.5. The van der Waals surface area contributed by atoms with Gasteiger partial charge in [-0.25, -0.2) is 14.8 Å². The number of alkyl halides is 3. The first-order valence-electron chi connectivity index (χ1n) is 33.6. The van der Waals surface area contributed by atoms with E-state index < -0.39 is 15.3 Å². The fourth-order valence-corrected chi connectivity index (χ4v) is 16.8. The first kappa shape index (κ1) is 87.5. The quantitative estimate of drug-likeness (QED) is 0.0263. The first-order chi connectivity index (χ1) is 42.1. The fraction of sp³-hybridized carbons (Fsp3) is 0.712. The van der Waals surface area contributed by atoms with Gasteiger partial charge in [0, 0.05) is 69.7 Å². The maximum Gasteiger partial charge on any atom is 0.345 e. The second kappa shape index (κ2) is 54.7. The van der Waals surface area contributed by atoms with Crippen molar-refractivity contribution in [1.29, 1.82) is 0 Å². The Morgan fingerprint density at radius 3 is 1.29 bits per heavy atom. The molecule has 0 aromatic heterocycles. The molecule has 0 radical (unpaired) electrons. The molecular weight excluding hydrogens is 1230 g/mol. The summed E-state index contributed by atoms with van der Waals surface area (Å²) >= 11 is 19.6. The Balaban J connectivity index is 0.00000173. The lowest BCUT2D eigenvalue weighted by atomic mass is 10.0. The first-order valence-corrected chi connectivity index (χ1v) is 39.4. The average molecular weight is 1360 g/mol. The van der Waals surface area contributed by atoms with E-state index in [1.807, 2.05) is 11.6 Å². The van der Waals surface area contributed by atoms with Gasteiger partial charge in [0.1, 0.15) is 12.0 Å². The molecule has 2 aliphatic heterocycles. The van der Waals surface area contributed by atoms with Crippen molar-refractivity contribution in [2.24, 2.45) is 0 Å². The van der Waals surface area contributed by atoms with E-state index in [1.54, 1.807) is 16.4 Å². The summed E-state index contributed by atoms with van der Waals surface area (Å²) in [5, 5.41) is 6.18. The number of hydrogen-bond donors (Lipinski definition) is 2. The number of halogens is 3. The van der Waals surface area contributed by atoms with E-state index >= 15 is 0 Å². The number of nitrogens with one attached hydrogen (secondary N) is 2. The Morgan fingerprint density at radius 1 is 0.483 bits per heavy atom. The van der Waals surface area contributed by atoms with Crippen LogP contribution in [0.1, 0.15) is 258 Å². The third-order valence-corrected chi connectivity index (χ3v) is 22.2. The minimum absolute atomic E-state index is 0. The monoisotopic (exact) mass is 1360 g/mol. The summed E-state index contributed by atoms with van der Waals surface area (Å²) in [4.78, 5) is 12.6. The molecule has 0 aliphatic carbocycles. The molecule has 89 heavy (non-hydrogen) atoms. The lowest BCUT2D eigenvalue weighted by Gasteiger charge is -2.40. The van der Waals surface area contributed by atoms with Crippen LogP contribution >= 0.6 is 61.9 Å². The zero-order chi connectivity index (χ0) is 65.4. The van der Waals surface area contributed by atoms with E-state index in [9.17, 15) is 13.9 Å². The van der Waals surface area contributed by atoms with Crippen molar-refractivity contribution in [3.63, 3.8) is 0 Å². The molecule has 0 amide bonds. The summed E-state index contributed by atoms with van der Waals surface area (Å²) < 4.78 is 47.7. The van der Waals surface area contributed by atoms with Crippen molar-refractivity contribution in [3.05, 3.63) is 116 Å². The Labute approximate surface area is 566 Å². The number of rotatable bonds is 47. The largest absolute Gasteiger partial charge is 0.363 e. The van der Waals surface area contributed by atoms with Crippen LogP contribution in [0.4, 0.5) is 0 Å². The van der Waals surface area contributed by atoms with Crippen LogP contribution in [0.5, 0.6) is 0 Å². The molecule has 2 N–H and O–H groups in total. The van der Waals surface area contributed by atoms with Crippen LogP contribution < -0.4 is 10.2 Å². The molecule has 4 unspecified atom stereocenters. The van der Waals surface area contributed by atoms with Crippen molar-refractivity contribution < 1.29 is 27.7 Å². The normalized spacial score (nSPS) is 20.5. The van der Waals surface area contributed by atoms with Gasteiger partial charge in [-0.15, -0.1) is 46.6 Å². The summed E-state index contributed by atoms with van der Waals surface area (Å²) in [6.07, 6.45) is 48.7. The molecule has 10 nitrogen and oxygen atoms in total. The van der Waals surface area contributed by atoms with Gasteiger partial charge in [-0.05, 0) is 230 Å². The summed E-state index contributed by atoms with van der Waals surface area (Å²) in [7, 11) is -6.21. The second-order valence-corrected chi connectivity index (χ2v) is 31.4. The minimum Gasteiger partial charge on any atom is -0.363 e. The van der Waals surface area contributed by atoms with Gasteiger partial charge in [0.2, 0.25) is 0 Å². The van der Waals surface area contributed by atoms with Gasteiger partial charge in [-0.1, -0.05) is 131 Å².